The molecule has 4 rings (SSSR count). The lowest BCUT2D eigenvalue weighted by Crippen LogP contribution is -2.63. The third kappa shape index (κ3) is 6.58. The molecule has 2 aromatic heterocycles. The molecule has 0 aliphatic carbocycles. The summed E-state index contributed by atoms with van der Waals surface area (Å²) in [6.07, 6.45) is 2.49. The maximum Gasteiger partial charge on any atom is 0.319 e. The lowest BCUT2D eigenvalue weighted by atomic mass is 9.99. The third-order valence-electron chi connectivity index (χ3n) is 6.61. The van der Waals surface area contributed by atoms with Gasteiger partial charge in [0.1, 0.15) is 5.82 Å². The maximum atomic E-state index is 13.2. The minimum absolute atomic E-state index is 0.171. The number of halogens is 1. The first-order chi connectivity index (χ1) is 18.1. The monoisotopic (exact) mass is 562 g/mol. The van der Waals surface area contributed by atoms with Gasteiger partial charge in [0.15, 0.2) is 5.01 Å². The Labute approximate surface area is 229 Å². The number of likely N-dealkylation sites (tertiary alicyclic amines) is 1. The van der Waals surface area contributed by atoms with E-state index in [4.69, 9.17) is 11.6 Å². The Bertz CT molecular complexity index is 1210. The van der Waals surface area contributed by atoms with Crippen LogP contribution in [0.5, 0.6) is 0 Å². The summed E-state index contributed by atoms with van der Waals surface area (Å²) in [5.41, 5.74) is 0.931. The number of carbonyl (C=O) groups is 4. The molecule has 0 saturated carbocycles. The van der Waals surface area contributed by atoms with Crippen molar-refractivity contribution in [2.45, 2.75) is 38.4 Å². The van der Waals surface area contributed by atoms with Crippen molar-refractivity contribution >= 4 is 52.5 Å². The highest BCUT2D eigenvalue weighted by molar-refractivity contribution is 7.13. The molecule has 2 atom stereocenters. The molecule has 3 N–H and O–H groups in total. The first kappa shape index (κ1) is 27.7. The van der Waals surface area contributed by atoms with E-state index in [-0.39, 0.29) is 24.3 Å². The van der Waals surface area contributed by atoms with Gasteiger partial charge < -0.3 is 30.7 Å². The van der Waals surface area contributed by atoms with Gasteiger partial charge in [-0.1, -0.05) is 11.6 Å². The summed E-state index contributed by atoms with van der Waals surface area (Å²) < 4.78 is 0. The van der Waals surface area contributed by atoms with Crippen LogP contribution < -0.4 is 16.0 Å². The standard InChI is InChI=1S/C24H31ClN8O4S/c1-4-32(3)24(37)33-10-8-15(27-20(34)21(35)30-19-6-5-14(25)11-26-19)17(12-33)28-22(36)23-29-16-7-9-31(2)13-18(16)38-23/h5-6,11,15,17H,4,7-10,12-13H2,1-3H3,(H,27,34)(H,28,36)(H,26,30,35)/t15-,17+/m0/s1. The van der Waals surface area contributed by atoms with Crippen LogP contribution in [0.25, 0.3) is 0 Å². The molecule has 4 heterocycles. The van der Waals surface area contributed by atoms with Gasteiger partial charge in [0.05, 0.1) is 22.8 Å². The molecular formula is C24H31ClN8O4S. The molecule has 0 bridgehead atoms. The summed E-state index contributed by atoms with van der Waals surface area (Å²) in [5, 5.41) is 8.85. The zero-order valence-electron chi connectivity index (χ0n) is 21.5. The maximum absolute atomic E-state index is 13.2. The fourth-order valence-corrected chi connectivity index (χ4v) is 5.53. The average molecular weight is 563 g/mol. The van der Waals surface area contributed by atoms with Crippen molar-refractivity contribution in [3.63, 3.8) is 0 Å². The second-order valence-electron chi connectivity index (χ2n) is 9.38. The van der Waals surface area contributed by atoms with Crippen LogP contribution >= 0.6 is 22.9 Å². The zero-order valence-corrected chi connectivity index (χ0v) is 23.1. The SMILES string of the molecule is CCN(C)C(=O)N1CC[C@H](NC(=O)C(=O)Nc2ccc(Cl)cn2)[C@H](NC(=O)c2nc3c(s2)CN(C)CC3)C1. The number of fused-ring (bicyclic) bond motifs is 1. The molecule has 38 heavy (non-hydrogen) atoms. The fraction of sp³-hybridized carbons (Fsp3) is 0.500. The van der Waals surface area contributed by atoms with E-state index in [2.05, 4.69) is 30.8 Å². The number of aromatic nitrogens is 2. The summed E-state index contributed by atoms with van der Waals surface area (Å²) in [6.45, 7) is 4.56. The lowest BCUT2D eigenvalue weighted by molar-refractivity contribution is -0.136. The first-order valence-electron chi connectivity index (χ1n) is 12.4. The summed E-state index contributed by atoms with van der Waals surface area (Å²) in [5.74, 6) is -1.96. The Balaban J connectivity index is 1.46. The number of piperidine rings is 1. The highest BCUT2D eigenvalue weighted by Crippen LogP contribution is 2.25. The summed E-state index contributed by atoms with van der Waals surface area (Å²) in [7, 11) is 3.73. The fourth-order valence-electron chi connectivity index (χ4n) is 4.33. The van der Waals surface area contributed by atoms with Gasteiger partial charge in [-0.05, 0) is 32.5 Å². The number of hydrogen-bond donors (Lipinski definition) is 3. The zero-order chi connectivity index (χ0) is 27.4. The molecule has 5 amide bonds. The van der Waals surface area contributed by atoms with E-state index in [9.17, 15) is 19.2 Å². The molecule has 0 aromatic carbocycles. The predicted molar refractivity (Wildman–Crippen MR) is 143 cm³/mol. The molecule has 14 heteroatoms. The minimum atomic E-state index is -0.897. The molecule has 1 fully saturated rings. The van der Waals surface area contributed by atoms with E-state index in [1.54, 1.807) is 22.9 Å². The van der Waals surface area contributed by atoms with Crippen LogP contribution in [-0.4, -0.2) is 101 Å². The van der Waals surface area contributed by atoms with Gasteiger partial charge in [0.25, 0.3) is 5.91 Å². The van der Waals surface area contributed by atoms with Gasteiger partial charge in [-0.25, -0.2) is 14.8 Å². The molecule has 2 aliphatic rings. The van der Waals surface area contributed by atoms with Gasteiger partial charge in [-0.3, -0.25) is 14.4 Å². The second kappa shape index (κ2) is 12.0. The molecule has 2 aromatic rings. The number of urea groups is 1. The van der Waals surface area contributed by atoms with Crippen molar-refractivity contribution in [3.05, 3.63) is 38.9 Å². The Morgan fingerprint density at radius 3 is 2.66 bits per heavy atom. The van der Waals surface area contributed by atoms with Gasteiger partial charge in [-0.2, -0.15) is 0 Å². The molecule has 2 aliphatic heterocycles. The Hall–Kier alpha value is -3.29. The Morgan fingerprint density at radius 1 is 1.16 bits per heavy atom. The van der Waals surface area contributed by atoms with Crippen LogP contribution in [0.3, 0.4) is 0 Å². The molecule has 0 spiro atoms. The van der Waals surface area contributed by atoms with E-state index in [1.807, 2.05) is 14.0 Å². The average Bonchev–Trinajstić information content (AvgIpc) is 3.33. The van der Waals surface area contributed by atoms with Crippen LogP contribution in [-0.2, 0) is 22.6 Å². The molecular weight excluding hydrogens is 532 g/mol. The van der Waals surface area contributed by atoms with Crippen molar-refractivity contribution < 1.29 is 19.2 Å². The van der Waals surface area contributed by atoms with E-state index in [0.717, 1.165) is 30.1 Å². The minimum Gasteiger partial charge on any atom is -0.343 e. The smallest absolute Gasteiger partial charge is 0.319 e. The van der Waals surface area contributed by atoms with Crippen LogP contribution in [0.15, 0.2) is 18.3 Å². The first-order valence-corrected chi connectivity index (χ1v) is 13.6. The summed E-state index contributed by atoms with van der Waals surface area (Å²) in [6, 6.07) is 1.65. The van der Waals surface area contributed by atoms with E-state index in [1.165, 1.54) is 23.6 Å². The van der Waals surface area contributed by atoms with Crippen LogP contribution in [0.2, 0.25) is 5.02 Å². The number of likely N-dealkylation sites (N-methyl/N-ethyl adjacent to an activating group) is 1. The van der Waals surface area contributed by atoms with Gasteiger partial charge in [0, 0.05) is 57.3 Å². The van der Waals surface area contributed by atoms with Gasteiger partial charge in [0.2, 0.25) is 0 Å². The largest absolute Gasteiger partial charge is 0.343 e. The number of thiazole rings is 1. The molecule has 12 nitrogen and oxygen atoms in total. The van der Waals surface area contributed by atoms with Gasteiger partial charge in [-0.15, -0.1) is 11.3 Å². The van der Waals surface area contributed by atoms with Crippen LogP contribution in [0, 0.1) is 0 Å². The Kier molecular flexibility index (Phi) is 8.80. The number of nitrogens with one attached hydrogen (secondary N) is 3. The quantitative estimate of drug-likeness (QED) is 0.465. The number of anilines is 1. The van der Waals surface area contributed by atoms with Crippen molar-refractivity contribution in [2.24, 2.45) is 0 Å². The lowest BCUT2D eigenvalue weighted by Gasteiger charge is -2.40. The predicted octanol–water partition coefficient (Wildman–Crippen LogP) is 1.18. The number of pyridine rings is 1. The van der Waals surface area contributed by atoms with Crippen molar-refractivity contribution in [1.29, 1.82) is 0 Å². The normalized spacial score (nSPS) is 19.3. The number of carbonyl (C=O) groups excluding carboxylic acids is 4. The number of nitrogens with zero attached hydrogens (tertiary/aromatic N) is 5. The van der Waals surface area contributed by atoms with Crippen LogP contribution in [0.1, 0.15) is 33.7 Å². The molecule has 0 radical (unpaired) electrons. The third-order valence-corrected chi connectivity index (χ3v) is 7.91. The summed E-state index contributed by atoms with van der Waals surface area (Å²) >= 11 is 7.17. The number of rotatable bonds is 5. The highest BCUT2D eigenvalue weighted by Gasteiger charge is 2.36. The Morgan fingerprint density at radius 2 is 1.95 bits per heavy atom. The molecule has 204 valence electrons. The van der Waals surface area contributed by atoms with E-state index < -0.39 is 23.9 Å². The van der Waals surface area contributed by atoms with E-state index in [0.29, 0.717) is 29.5 Å². The molecule has 0 unspecified atom stereocenters. The van der Waals surface area contributed by atoms with Crippen molar-refractivity contribution in [2.75, 3.05) is 45.6 Å². The second-order valence-corrected chi connectivity index (χ2v) is 10.9. The molecule has 1 saturated heterocycles. The van der Waals surface area contributed by atoms with Crippen molar-refractivity contribution in [3.8, 4) is 0 Å². The number of amides is 5. The van der Waals surface area contributed by atoms with Gasteiger partial charge >= 0.3 is 17.8 Å². The summed E-state index contributed by atoms with van der Waals surface area (Å²) in [4.78, 5) is 66.2. The highest BCUT2D eigenvalue weighted by atomic mass is 35.5. The van der Waals surface area contributed by atoms with E-state index >= 15 is 0 Å². The van der Waals surface area contributed by atoms with Crippen LogP contribution in [0.4, 0.5) is 10.6 Å². The number of hydrogen-bond acceptors (Lipinski definition) is 8. The van der Waals surface area contributed by atoms with Crippen molar-refractivity contribution in [1.82, 2.24) is 35.3 Å². The topological polar surface area (TPSA) is 140 Å².